The molecule has 0 unspecified atom stereocenters. The van der Waals surface area contributed by atoms with Crippen LogP contribution >= 0.6 is 0 Å². The van der Waals surface area contributed by atoms with E-state index >= 15 is 0 Å². The van der Waals surface area contributed by atoms with Crippen molar-refractivity contribution in [3.63, 3.8) is 0 Å². The van der Waals surface area contributed by atoms with Crippen molar-refractivity contribution in [3.8, 4) is 17.2 Å². The summed E-state index contributed by atoms with van der Waals surface area (Å²) in [5, 5.41) is 25.9. The number of hydrogen-bond acceptors (Lipinski definition) is 8. The third kappa shape index (κ3) is 5.67. The van der Waals surface area contributed by atoms with Gasteiger partial charge in [-0.15, -0.1) is 0 Å². The molecule has 2 aromatic rings. The number of aromatic nitrogens is 2. The Morgan fingerprint density at radius 1 is 1.23 bits per heavy atom. The summed E-state index contributed by atoms with van der Waals surface area (Å²) in [6, 6.07) is 4.15. The predicted octanol–water partition coefficient (Wildman–Crippen LogP) is 0.0134. The minimum atomic E-state index is -0.538. The first kappa shape index (κ1) is 19.1. The second kappa shape index (κ2) is 9.28. The van der Waals surface area contributed by atoms with E-state index in [0.717, 1.165) is 0 Å². The summed E-state index contributed by atoms with van der Waals surface area (Å²) in [7, 11) is 1.38. The van der Waals surface area contributed by atoms with Crippen LogP contribution in [0.3, 0.4) is 0 Å². The number of methoxy groups -OCH3 is 1. The Kier molecular flexibility index (Phi) is 6.80. The molecule has 1 aromatic carbocycles. The van der Waals surface area contributed by atoms with Gasteiger partial charge in [-0.2, -0.15) is 0 Å². The molecule has 0 aliphatic heterocycles. The number of nitrogens with one attached hydrogen (secondary N) is 3. The van der Waals surface area contributed by atoms with E-state index in [2.05, 4.69) is 20.4 Å². The van der Waals surface area contributed by atoms with Crippen LogP contribution in [0.5, 0.6) is 17.2 Å². The first-order valence-electron chi connectivity index (χ1n) is 7.78. The molecule has 10 heteroatoms. The zero-order chi connectivity index (χ0) is 18.9. The second-order valence-corrected chi connectivity index (χ2v) is 5.30. The van der Waals surface area contributed by atoms with E-state index in [1.54, 1.807) is 0 Å². The van der Waals surface area contributed by atoms with E-state index in [-0.39, 0.29) is 17.2 Å². The summed E-state index contributed by atoms with van der Waals surface area (Å²) in [5.41, 5.74) is 0.0243. The molecule has 0 spiro atoms. The van der Waals surface area contributed by atoms with Crippen molar-refractivity contribution in [2.75, 3.05) is 20.3 Å². The van der Waals surface area contributed by atoms with Crippen molar-refractivity contribution in [3.05, 3.63) is 50.3 Å². The van der Waals surface area contributed by atoms with Crippen molar-refractivity contribution < 1.29 is 19.8 Å². The Hall–Kier alpha value is -3.27. The number of phenolic OH excluding ortho intramolecular Hbond substituents is 2. The molecule has 0 radical (unpaired) electrons. The molecule has 0 aliphatic rings. The van der Waals surface area contributed by atoms with Crippen LogP contribution in [0.25, 0.3) is 0 Å². The van der Waals surface area contributed by atoms with Crippen molar-refractivity contribution in [2.45, 2.75) is 13.0 Å². The van der Waals surface area contributed by atoms with E-state index in [1.807, 2.05) is 0 Å². The van der Waals surface area contributed by atoms with Crippen LogP contribution in [0.15, 0.2) is 32.9 Å². The topological polar surface area (TPSA) is 149 Å². The average molecular weight is 364 g/mol. The normalized spacial score (nSPS) is 11.0. The van der Waals surface area contributed by atoms with Gasteiger partial charge < -0.3 is 30.1 Å². The monoisotopic (exact) mass is 364 g/mol. The second-order valence-electron chi connectivity index (χ2n) is 5.30. The minimum Gasteiger partial charge on any atom is -0.504 e. The lowest BCUT2D eigenvalue weighted by atomic mass is 10.2. The van der Waals surface area contributed by atoms with Gasteiger partial charge in [0.25, 0.3) is 5.56 Å². The Bertz CT molecular complexity index is 846. The quantitative estimate of drug-likeness (QED) is 0.182. The summed E-state index contributed by atoms with van der Waals surface area (Å²) in [5.74, 6) is -0.514. The van der Waals surface area contributed by atoms with Crippen molar-refractivity contribution in [1.82, 2.24) is 15.3 Å². The van der Waals surface area contributed by atoms with E-state index in [0.29, 0.717) is 37.4 Å². The van der Waals surface area contributed by atoms with Crippen LogP contribution in [0.4, 0.5) is 0 Å². The van der Waals surface area contributed by atoms with Crippen LogP contribution in [0.2, 0.25) is 0 Å². The largest absolute Gasteiger partial charge is 0.504 e. The molecule has 1 aromatic heterocycles. The van der Waals surface area contributed by atoms with Crippen LogP contribution in [0, 0.1) is 0 Å². The number of oxime groups is 1. The first-order valence-corrected chi connectivity index (χ1v) is 7.78. The number of phenols is 2. The molecule has 0 saturated heterocycles. The lowest BCUT2D eigenvalue weighted by Crippen LogP contribution is -2.26. The minimum absolute atomic E-state index is 0.133. The fraction of sp³-hybridized carbons (Fsp3) is 0.312. The van der Waals surface area contributed by atoms with Gasteiger partial charge in [-0.25, -0.2) is 4.79 Å². The highest BCUT2D eigenvalue weighted by Crippen LogP contribution is 2.35. The Morgan fingerprint density at radius 2 is 2.04 bits per heavy atom. The van der Waals surface area contributed by atoms with E-state index in [9.17, 15) is 19.8 Å². The van der Waals surface area contributed by atoms with Crippen LogP contribution in [0.1, 0.15) is 17.7 Å². The van der Waals surface area contributed by atoms with Gasteiger partial charge in [0.1, 0.15) is 6.61 Å². The molecule has 0 atom stereocenters. The lowest BCUT2D eigenvalue weighted by Gasteiger charge is -2.06. The van der Waals surface area contributed by atoms with Crippen LogP contribution in [-0.4, -0.2) is 46.7 Å². The maximum absolute atomic E-state index is 11.1. The van der Waals surface area contributed by atoms with Gasteiger partial charge in [-0.05, 0) is 25.1 Å². The van der Waals surface area contributed by atoms with Gasteiger partial charge >= 0.3 is 5.69 Å². The maximum Gasteiger partial charge on any atom is 0.325 e. The number of aromatic amines is 2. The Labute approximate surface area is 148 Å². The van der Waals surface area contributed by atoms with Crippen molar-refractivity contribution >= 4 is 6.21 Å². The number of aromatic hydroxyl groups is 2. The SMILES string of the molecule is COc1cc(/C=N/OCCCNCc2cc(=O)[nH]c(=O)[nH]2)cc(O)c1O. The fourth-order valence-electron chi connectivity index (χ4n) is 2.09. The zero-order valence-electron chi connectivity index (χ0n) is 14.1. The van der Waals surface area contributed by atoms with Gasteiger partial charge in [-0.1, -0.05) is 5.16 Å². The molecule has 0 saturated carbocycles. The molecular weight excluding hydrogens is 344 g/mol. The molecule has 140 valence electrons. The lowest BCUT2D eigenvalue weighted by molar-refractivity contribution is 0.143. The van der Waals surface area contributed by atoms with E-state index in [1.165, 1.54) is 31.5 Å². The van der Waals surface area contributed by atoms with Gasteiger partial charge in [0.15, 0.2) is 11.5 Å². The summed E-state index contributed by atoms with van der Waals surface area (Å²) in [6.07, 6.45) is 2.03. The number of rotatable bonds is 9. The van der Waals surface area contributed by atoms with E-state index < -0.39 is 11.2 Å². The van der Waals surface area contributed by atoms with Crippen molar-refractivity contribution in [1.29, 1.82) is 0 Å². The third-order valence-electron chi connectivity index (χ3n) is 3.29. The standard InChI is InChI=1S/C16H20N4O6/c1-25-13-6-10(5-12(21)15(13)23)8-18-26-4-2-3-17-9-11-7-14(22)20-16(24)19-11/h5-8,17,21,23H,2-4,9H2,1H3,(H2,19,20,22,24)/b18-8+. The Balaban J connectivity index is 1.69. The van der Waals surface area contributed by atoms with Gasteiger partial charge in [-0.3, -0.25) is 9.78 Å². The molecule has 2 rings (SSSR count). The summed E-state index contributed by atoms with van der Waals surface area (Å²) < 4.78 is 4.93. The third-order valence-corrected chi connectivity index (χ3v) is 3.29. The first-order chi connectivity index (χ1) is 12.5. The van der Waals surface area contributed by atoms with Crippen LogP contribution < -0.4 is 21.3 Å². The number of ether oxygens (including phenoxy) is 1. The molecule has 0 bridgehead atoms. The summed E-state index contributed by atoms with van der Waals surface area (Å²) >= 11 is 0. The Morgan fingerprint density at radius 3 is 2.77 bits per heavy atom. The van der Waals surface area contributed by atoms with Crippen LogP contribution in [-0.2, 0) is 11.4 Å². The molecule has 0 fully saturated rings. The highest BCUT2D eigenvalue weighted by Gasteiger charge is 2.08. The smallest absolute Gasteiger partial charge is 0.325 e. The van der Waals surface area contributed by atoms with Gasteiger partial charge in [0.05, 0.1) is 13.3 Å². The summed E-state index contributed by atoms with van der Waals surface area (Å²) in [6.45, 7) is 1.30. The molecule has 5 N–H and O–H groups in total. The predicted molar refractivity (Wildman–Crippen MR) is 93.9 cm³/mol. The number of hydrogen-bond donors (Lipinski definition) is 5. The summed E-state index contributed by atoms with van der Waals surface area (Å²) in [4.78, 5) is 32.0. The fourth-order valence-corrected chi connectivity index (χ4v) is 2.09. The number of H-pyrrole nitrogens is 2. The molecule has 10 nitrogen and oxygen atoms in total. The molecule has 0 amide bonds. The zero-order valence-corrected chi connectivity index (χ0v) is 14.1. The molecule has 26 heavy (non-hydrogen) atoms. The van der Waals surface area contributed by atoms with E-state index in [4.69, 9.17) is 9.57 Å². The van der Waals surface area contributed by atoms with Crippen molar-refractivity contribution in [2.24, 2.45) is 5.16 Å². The van der Waals surface area contributed by atoms with Gasteiger partial charge in [0.2, 0.25) is 5.75 Å². The maximum atomic E-state index is 11.1. The molecular formula is C16H20N4O6. The molecule has 1 heterocycles. The number of nitrogens with zero attached hydrogens (tertiary/aromatic N) is 1. The number of benzene rings is 1. The highest BCUT2D eigenvalue weighted by molar-refractivity contribution is 5.81. The average Bonchev–Trinajstić information content (AvgIpc) is 2.59. The highest BCUT2D eigenvalue weighted by atomic mass is 16.6. The molecule has 0 aliphatic carbocycles. The van der Waals surface area contributed by atoms with Gasteiger partial charge in [0, 0.05) is 23.9 Å².